The summed E-state index contributed by atoms with van der Waals surface area (Å²) in [4.78, 5) is 19.1. The van der Waals surface area contributed by atoms with Crippen LogP contribution in [0.5, 0.6) is 11.5 Å². The van der Waals surface area contributed by atoms with E-state index in [-0.39, 0.29) is 12.0 Å². The number of pyridine rings is 1. The summed E-state index contributed by atoms with van der Waals surface area (Å²) in [6.07, 6.45) is 8.06. The van der Waals surface area contributed by atoms with Gasteiger partial charge in [0.15, 0.2) is 0 Å². The molecule has 2 fully saturated rings. The minimum Gasteiger partial charge on any atom is -0.497 e. The van der Waals surface area contributed by atoms with Crippen molar-refractivity contribution in [2.75, 3.05) is 7.11 Å². The fourth-order valence-corrected chi connectivity index (χ4v) is 4.29. The molecule has 2 saturated heterocycles. The Labute approximate surface area is 153 Å². The number of rotatable bonds is 5. The number of aromatic nitrogens is 1. The molecule has 136 valence electrons. The van der Waals surface area contributed by atoms with Gasteiger partial charge in [0.2, 0.25) is 5.91 Å². The molecule has 2 aliphatic heterocycles. The van der Waals surface area contributed by atoms with Crippen LogP contribution >= 0.6 is 0 Å². The van der Waals surface area contributed by atoms with E-state index in [1.807, 2.05) is 36.4 Å². The molecule has 0 N–H and O–H groups in total. The zero-order valence-electron chi connectivity index (χ0n) is 15.0. The molecule has 0 aliphatic carbocycles. The summed E-state index contributed by atoms with van der Waals surface area (Å²) in [6.45, 7) is 0. The van der Waals surface area contributed by atoms with Gasteiger partial charge in [0.1, 0.15) is 17.6 Å². The summed E-state index contributed by atoms with van der Waals surface area (Å²) < 4.78 is 11.4. The van der Waals surface area contributed by atoms with Crippen LogP contribution in [0.25, 0.3) is 0 Å². The highest BCUT2D eigenvalue weighted by atomic mass is 16.5. The maximum absolute atomic E-state index is 12.9. The van der Waals surface area contributed by atoms with Gasteiger partial charge in [-0.05, 0) is 42.7 Å². The molecule has 3 heterocycles. The Hall–Kier alpha value is -2.56. The van der Waals surface area contributed by atoms with E-state index in [0.29, 0.717) is 18.5 Å². The van der Waals surface area contributed by atoms with Crippen LogP contribution in [0.3, 0.4) is 0 Å². The van der Waals surface area contributed by atoms with Gasteiger partial charge in [0.25, 0.3) is 0 Å². The Morgan fingerprint density at radius 3 is 2.54 bits per heavy atom. The zero-order valence-corrected chi connectivity index (χ0v) is 15.0. The smallest absolute Gasteiger partial charge is 0.227 e. The van der Waals surface area contributed by atoms with Crippen LogP contribution in [0, 0.1) is 0 Å². The van der Waals surface area contributed by atoms with Crippen molar-refractivity contribution >= 4 is 5.91 Å². The standard InChI is InChI=1S/C21H24N2O3/c1-25-19-4-2-3-15(11-19)12-21(24)23-16-5-6-17(23)14-20(13-16)26-18-7-9-22-10-8-18/h2-4,7-11,16-17,20H,5-6,12-14H2,1H3. The van der Waals surface area contributed by atoms with E-state index in [2.05, 4.69) is 9.88 Å². The maximum Gasteiger partial charge on any atom is 0.227 e. The first-order chi connectivity index (χ1) is 12.7. The molecule has 1 aromatic carbocycles. The number of piperidine rings is 1. The average molecular weight is 352 g/mol. The predicted molar refractivity (Wildman–Crippen MR) is 98.2 cm³/mol. The Kier molecular flexibility index (Phi) is 4.78. The van der Waals surface area contributed by atoms with Crippen molar-refractivity contribution in [1.82, 2.24) is 9.88 Å². The number of hydrogen-bond acceptors (Lipinski definition) is 4. The van der Waals surface area contributed by atoms with Crippen LogP contribution in [0.1, 0.15) is 31.2 Å². The highest BCUT2D eigenvalue weighted by molar-refractivity contribution is 5.80. The van der Waals surface area contributed by atoms with Crippen molar-refractivity contribution < 1.29 is 14.3 Å². The predicted octanol–water partition coefficient (Wildman–Crippen LogP) is 3.23. The van der Waals surface area contributed by atoms with Gasteiger partial charge < -0.3 is 14.4 Å². The first-order valence-electron chi connectivity index (χ1n) is 9.23. The number of ether oxygens (including phenoxy) is 2. The lowest BCUT2D eigenvalue weighted by Gasteiger charge is -2.39. The largest absolute Gasteiger partial charge is 0.497 e. The third kappa shape index (κ3) is 3.52. The highest BCUT2D eigenvalue weighted by Gasteiger charge is 2.43. The van der Waals surface area contributed by atoms with Crippen molar-refractivity contribution in [3.05, 3.63) is 54.4 Å². The lowest BCUT2D eigenvalue weighted by molar-refractivity contribution is -0.136. The lowest BCUT2D eigenvalue weighted by Crippen LogP contribution is -2.49. The van der Waals surface area contributed by atoms with E-state index in [1.54, 1.807) is 19.5 Å². The van der Waals surface area contributed by atoms with Crippen molar-refractivity contribution in [1.29, 1.82) is 0 Å². The van der Waals surface area contributed by atoms with Crippen molar-refractivity contribution in [2.24, 2.45) is 0 Å². The van der Waals surface area contributed by atoms with Crippen LogP contribution < -0.4 is 9.47 Å². The zero-order chi connectivity index (χ0) is 17.9. The van der Waals surface area contributed by atoms with E-state index >= 15 is 0 Å². The number of methoxy groups -OCH3 is 1. The summed E-state index contributed by atoms with van der Waals surface area (Å²) in [5.41, 5.74) is 1.00. The molecule has 5 nitrogen and oxygen atoms in total. The number of carbonyl (C=O) groups is 1. The second-order valence-corrected chi connectivity index (χ2v) is 7.11. The molecule has 2 atom stereocenters. The molecular weight excluding hydrogens is 328 g/mol. The summed E-state index contributed by atoms with van der Waals surface area (Å²) in [7, 11) is 1.65. The molecule has 0 radical (unpaired) electrons. The summed E-state index contributed by atoms with van der Waals surface area (Å²) in [6, 6.07) is 12.1. The average Bonchev–Trinajstić information content (AvgIpc) is 2.94. The Morgan fingerprint density at radius 1 is 1.12 bits per heavy atom. The molecule has 0 spiro atoms. The van der Waals surface area contributed by atoms with Crippen LogP contribution in [0.15, 0.2) is 48.8 Å². The summed E-state index contributed by atoms with van der Waals surface area (Å²) in [5.74, 6) is 1.87. The first-order valence-corrected chi connectivity index (χ1v) is 9.23. The SMILES string of the molecule is COc1cccc(CC(=O)N2C3CCC2CC(Oc2ccncc2)C3)c1. The number of fused-ring (bicyclic) bond motifs is 2. The normalized spacial score (nSPS) is 24.3. The van der Waals surface area contributed by atoms with Gasteiger partial charge in [-0.1, -0.05) is 12.1 Å². The fraction of sp³-hybridized carbons (Fsp3) is 0.429. The fourth-order valence-electron chi connectivity index (χ4n) is 4.29. The minimum absolute atomic E-state index is 0.177. The molecule has 2 aliphatic rings. The Morgan fingerprint density at radius 2 is 1.85 bits per heavy atom. The van der Waals surface area contributed by atoms with E-state index in [0.717, 1.165) is 42.7 Å². The lowest BCUT2D eigenvalue weighted by atomic mass is 9.98. The topological polar surface area (TPSA) is 51.7 Å². The number of nitrogens with zero attached hydrogens (tertiary/aromatic N) is 2. The Bertz CT molecular complexity index is 751. The van der Waals surface area contributed by atoms with Gasteiger partial charge in [-0.25, -0.2) is 0 Å². The summed E-state index contributed by atoms with van der Waals surface area (Å²) >= 11 is 0. The second-order valence-electron chi connectivity index (χ2n) is 7.11. The van der Waals surface area contributed by atoms with Gasteiger partial charge in [-0.15, -0.1) is 0 Å². The maximum atomic E-state index is 12.9. The van der Waals surface area contributed by atoms with Crippen molar-refractivity contribution in [3.8, 4) is 11.5 Å². The molecule has 1 aromatic heterocycles. The molecule has 1 amide bonds. The van der Waals surface area contributed by atoms with Gasteiger partial charge in [-0.3, -0.25) is 9.78 Å². The first kappa shape index (κ1) is 16.9. The molecule has 2 aromatic rings. The minimum atomic E-state index is 0.177. The van der Waals surface area contributed by atoms with Gasteiger partial charge >= 0.3 is 0 Å². The van der Waals surface area contributed by atoms with Crippen LogP contribution in [0.2, 0.25) is 0 Å². The monoisotopic (exact) mass is 352 g/mol. The molecule has 4 rings (SSSR count). The van der Waals surface area contributed by atoms with E-state index in [9.17, 15) is 4.79 Å². The van der Waals surface area contributed by atoms with E-state index < -0.39 is 0 Å². The van der Waals surface area contributed by atoms with Gasteiger partial charge in [0.05, 0.1) is 13.5 Å². The van der Waals surface area contributed by atoms with Crippen LogP contribution in [0.4, 0.5) is 0 Å². The highest BCUT2D eigenvalue weighted by Crippen LogP contribution is 2.37. The number of carbonyl (C=O) groups excluding carboxylic acids is 1. The summed E-state index contributed by atoms with van der Waals surface area (Å²) in [5, 5.41) is 0. The third-order valence-corrected chi connectivity index (χ3v) is 5.42. The number of hydrogen-bond donors (Lipinski definition) is 0. The molecule has 26 heavy (non-hydrogen) atoms. The third-order valence-electron chi connectivity index (χ3n) is 5.42. The van der Waals surface area contributed by atoms with Crippen molar-refractivity contribution in [3.63, 3.8) is 0 Å². The molecule has 5 heteroatoms. The van der Waals surface area contributed by atoms with Crippen LogP contribution in [-0.2, 0) is 11.2 Å². The van der Waals surface area contributed by atoms with E-state index in [1.165, 1.54) is 0 Å². The van der Waals surface area contributed by atoms with Crippen LogP contribution in [-0.4, -0.2) is 41.1 Å². The molecule has 2 bridgehead atoms. The van der Waals surface area contributed by atoms with Gasteiger partial charge in [0, 0.05) is 37.3 Å². The number of benzene rings is 1. The molecular formula is C21H24N2O3. The molecule has 0 saturated carbocycles. The molecule has 2 unspecified atom stereocenters. The number of amides is 1. The Balaban J connectivity index is 1.40. The quantitative estimate of drug-likeness (QED) is 0.829. The van der Waals surface area contributed by atoms with Crippen molar-refractivity contribution in [2.45, 2.75) is 50.3 Å². The van der Waals surface area contributed by atoms with Gasteiger partial charge in [-0.2, -0.15) is 0 Å². The van der Waals surface area contributed by atoms with E-state index in [4.69, 9.17) is 9.47 Å². The second kappa shape index (κ2) is 7.36.